The molecule has 0 atom stereocenters. The van der Waals surface area contributed by atoms with E-state index in [1.54, 1.807) is 3.12 Å². The van der Waals surface area contributed by atoms with Gasteiger partial charge in [0, 0.05) is 0 Å². The van der Waals surface area contributed by atoms with Crippen LogP contribution in [0.1, 0.15) is 0 Å². The van der Waals surface area contributed by atoms with Crippen LogP contribution in [0.25, 0.3) is 0 Å². The molecule has 40 valence electrons. The monoisotopic (exact) mass is 412 g/mol. The first-order valence-electron chi connectivity index (χ1n) is 2.35. The Morgan fingerprint density at radius 2 is 1.75 bits per heavy atom. The molecule has 0 aliphatic carbocycles. The summed E-state index contributed by atoms with van der Waals surface area (Å²) in [5.74, 6) is 0. The van der Waals surface area contributed by atoms with Gasteiger partial charge in [-0.25, -0.2) is 0 Å². The molecule has 0 unspecified atom stereocenters. The van der Waals surface area contributed by atoms with Crippen molar-refractivity contribution >= 4 is 40.8 Å². The van der Waals surface area contributed by atoms with Gasteiger partial charge < -0.3 is 0 Å². The first-order valence-corrected chi connectivity index (χ1v) is 15.2. The fourth-order valence-corrected chi connectivity index (χ4v) is 4.89. The van der Waals surface area contributed by atoms with Gasteiger partial charge in [0.15, 0.2) is 0 Å². The van der Waals surface area contributed by atoms with Crippen LogP contribution >= 0.6 is 17.8 Å². The molecular formula is C6H5IPb. The van der Waals surface area contributed by atoms with E-state index in [2.05, 4.69) is 48.1 Å². The summed E-state index contributed by atoms with van der Waals surface area (Å²) in [6.45, 7) is 0. The molecule has 8 heavy (non-hydrogen) atoms. The van der Waals surface area contributed by atoms with Gasteiger partial charge in [-0.3, -0.25) is 0 Å². The topological polar surface area (TPSA) is 0 Å². The van der Waals surface area contributed by atoms with Crippen LogP contribution in [-0.4, -0.2) is 19.9 Å². The normalized spacial score (nSPS) is 9.12. The molecule has 0 aliphatic rings. The third kappa shape index (κ3) is 2.00. The van der Waals surface area contributed by atoms with E-state index in [4.69, 9.17) is 0 Å². The maximum absolute atomic E-state index is 2.55. The fraction of sp³-hybridized carbons (Fsp3) is 0. The molecule has 1 rings (SSSR count). The second-order valence-electron chi connectivity index (χ2n) is 1.46. The summed E-state index contributed by atoms with van der Waals surface area (Å²) in [5, 5.41) is 0. The van der Waals surface area contributed by atoms with Crippen molar-refractivity contribution in [2.75, 3.05) is 0 Å². The van der Waals surface area contributed by atoms with Crippen LogP contribution in [0.5, 0.6) is 0 Å². The van der Waals surface area contributed by atoms with Crippen LogP contribution in [0.3, 0.4) is 0 Å². The third-order valence-corrected chi connectivity index (χ3v) is 8.49. The van der Waals surface area contributed by atoms with Gasteiger partial charge in [0.1, 0.15) is 0 Å². The van der Waals surface area contributed by atoms with Crippen LogP contribution in [0.15, 0.2) is 30.3 Å². The van der Waals surface area contributed by atoms with Crippen LogP contribution < -0.4 is 3.12 Å². The van der Waals surface area contributed by atoms with E-state index < -0.39 is 0 Å². The number of benzene rings is 1. The molecule has 0 nitrogen and oxygen atoms in total. The SMILES string of the molecule is [I][Pb][c]1ccccc1. The molecule has 2 heteroatoms. The Labute approximate surface area is 70.3 Å². The zero-order valence-corrected chi connectivity index (χ0v) is 10.3. The quantitative estimate of drug-likeness (QED) is 0.484. The van der Waals surface area contributed by atoms with Crippen molar-refractivity contribution in [3.05, 3.63) is 30.3 Å². The molecule has 0 saturated carbocycles. The second kappa shape index (κ2) is 3.81. The van der Waals surface area contributed by atoms with Gasteiger partial charge in [-0.05, 0) is 0 Å². The van der Waals surface area contributed by atoms with Crippen molar-refractivity contribution in [3.8, 4) is 0 Å². The molecule has 0 fully saturated rings. The Kier molecular flexibility index (Phi) is 3.33. The van der Waals surface area contributed by atoms with Gasteiger partial charge in [0.05, 0.1) is 0 Å². The van der Waals surface area contributed by atoms with E-state index in [1.807, 2.05) is 0 Å². The zero-order chi connectivity index (χ0) is 5.82. The summed E-state index contributed by atoms with van der Waals surface area (Å²) >= 11 is 2.19. The molecular weight excluding hydrogens is 406 g/mol. The van der Waals surface area contributed by atoms with E-state index in [1.165, 1.54) is 0 Å². The summed E-state index contributed by atoms with van der Waals surface area (Å²) in [4.78, 5) is 0. The van der Waals surface area contributed by atoms with E-state index >= 15 is 0 Å². The fourth-order valence-electron chi connectivity index (χ4n) is 0.501. The van der Waals surface area contributed by atoms with E-state index in [0.29, 0.717) is 0 Å². The molecule has 0 spiro atoms. The first kappa shape index (κ1) is 6.98. The second-order valence-corrected chi connectivity index (χ2v) is 9.17. The molecule has 0 amide bonds. The zero-order valence-electron chi connectivity index (χ0n) is 4.26. The van der Waals surface area contributed by atoms with Gasteiger partial charge in [-0.15, -0.1) is 0 Å². The Bertz CT molecular complexity index is 150. The molecule has 0 aliphatic heterocycles. The molecule has 0 aromatic heterocycles. The maximum atomic E-state index is 2.55. The van der Waals surface area contributed by atoms with Gasteiger partial charge in [0.2, 0.25) is 0 Å². The average Bonchev–Trinajstić information content (AvgIpc) is 1.90. The van der Waals surface area contributed by atoms with Crippen molar-refractivity contribution < 1.29 is 0 Å². The van der Waals surface area contributed by atoms with E-state index in [-0.39, 0.29) is 19.9 Å². The van der Waals surface area contributed by atoms with Gasteiger partial charge >= 0.3 is 71.2 Å². The van der Waals surface area contributed by atoms with Crippen LogP contribution in [0, 0.1) is 0 Å². The Balaban J connectivity index is 2.83. The Hall–Kier alpha value is 0.872. The van der Waals surface area contributed by atoms with Crippen LogP contribution in [0.4, 0.5) is 0 Å². The van der Waals surface area contributed by atoms with Gasteiger partial charge in [0.25, 0.3) is 0 Å². The number of hydrogen-bond donors (Lipinski definition) is 0. The predicted octanol–water partition coefficient (Wildman–Crippen LogP) is 1.37. The summed E-state index contributed by atoms with van der Waals surface area (Å²) in [6.07, 6.45) is 0. The molecule has 1 aromatic rings. The third-order valence-electron chi connectivity index (χ3n) is 0.883. The van der Waals surface area contributed by atoms with E-state index in [0.717, 1.165) is 0 Å². The minimum atomic E-state index is -0.358. The van der Waals surface area contributed by atoms with Crippen molar-refractivity contribution in [2.24, 2.45) is 0 Å². The number of hydrogen-bond acceptors (Lipinski definition) is 0. The standard InChI is InChI=1S/C6H5.HI.Pb/c1-2-4-6-5-3-1;;/h1-5H;1H;/q;;+1/p-1. The summed E-state index contributed by atoms with van der Waals surface area (Å²) in [7, 11) is 0. The van der Waals surface area contributed by atoms with Crippen molar-refractivity contribution in [1.82, 2.24) is 0 Å². The minimum absolute atomic E-state index is 0.358. The summed E-state index contributed by atoms with van der Waals surface area (Å²) in [6, 6.07) is 10.7. The molecule has 0 heterocycles. The first-order chi connectivity index (χ1) is 3.93. The van der Waals surface area contributed by atoms with Crippen LogP contribution in [-0.2, 0) is 0 Å². The Morgan fingerprint density at radius 1 is 1.12 bits per heavy atom. The Morgan fingerprint density at radius 3 is 2.12 bits per heavy atom. The van der Waals surface area contributed by atoms with Crippen molar-refractivity contribution in [1.29, 1.82) is 0 Å². The van der Waals surface area contributed by atoms with Crippen molar-refractivity contribution in [3.63, 3.8) is 0 Å². The average molecular weight is 411 g/mol. The number of halogens is 1. The van der Waals surface area contributed by atoms with E-state index in [9.17, 15) is 0 Å². The molecule has 2 radical (unpaired) electrons. The molecule has 0 saturated heterocycles. The van der Waals surface area contributed by atoms with Crippen molar-refractivity contribution in [2.45, 2.75) is 0 Å². The summed E-state index contributed by atoms with van der Waals surface area (Å²) in [5.41, 5.74) is 0. The molecule has 0 bridgehead atoms. The number of rotatable bonds is 1. The van der Waals surface area contributed by atoms with Gasteiger partial charge in [-0.1, -0.05) is 0 Å². The van der Waals surface area contributed by atoms with Gasteiger partial charge in [-0.2, -0.15) is 0 Å². The predicted molar refractivity (Wildman–Crippen MR) is 45.9 cm³/mol. The molecule has 1 aromatic carbocycles. The van der Waals surface area contributed by atoms with Crippen LogP contribution in [0.2, 0.25) is 0 Å². The molecule has 0 N–H and O–H groups in total. The summed E-state index contributed by atoms with van der Waals surface area (Å²) < 4.78 is 1.59.